The molecule has 2 aromatic carbocycles. The van der Waals surface area contributed by atoms with E-state index < -0.39 is 9.84 Å². The number of aromatic nitrogens is 2. The molecule has 0 fully saturated rings. The van der Waals surface area contributed by atoms with Crippen molar-refractivity contribution < 1.29 is 8.42 Å². The average Bonchev–Trinajstić information content (AvgIpc) is 3.22. The summed E-state index contributed by atoms with van der Waals surface area (Å²) < 4.78 is 26.5. The molecule has 2 heterocycles. The third-order valence-corrected chi connectivity index (χ3v) is 6.62. The van der Waals surface area contributed by atoms with Crippen molar-refractivity contribution in [3.05, 3.63) is 72.3 Å². The molecule has 0 saturated carbocycles. The van der Waals surface area contributed by atoms with Crippen LogP contribution in [0.15, 0.2) is 66.0 Å². The summed E-state index contributed by atoms with van der Waals surface area (Å²) in [5.41, 5.74) is 2.74. The van der Waals surface area contributed by atoms with E-state index in [2.05, 4.69) is 29.0 Å². The molecular weight excluding hydrogens is 376 g/mol. The van der Waals surface area contributed by atoms with Crippen molar-refractivity contribution in [2.75, 3.05) is 6.26 Å². The van der Waals surface area contributed by atoms with Gasteiger partial charge < -0.3 is 4.57 Å². The highest BCUT2D eigenvalue weighted by atomic mass is 32.2. The molecule has 0 amide bonds. The van der Waals surface area contributed by atoms with E-state index in [1.54, 1.807) is 36.0 Å². The summed E-state index contributed by atoms with van der Waals surface area (Å²) in [6.45, 7) is 0. The molecule has 0 atom stereocenters. The van der Waals surface area contributed by atoms with E-state index in [4.69, 9.17) is 0 Å². The second-order valence-corrected chi connectivity index (χ2v) is 9.31. The monoisotopic (exact) mass is 392 g/mol. The average molecular weight is 393 g/mol. The van der Waals surface area contributed by atoms with Crippen LogP contribution in [0.4, 0.5) is 0 Å². The molecule has 0 spiro atoms. The van der Waals surface area contributed by atoms with Crippen LogP contribution in [0.25, 0.3) is 20.5 Å². The number of sulfone groups is 1. The number of aryl methyl sites for hydroxylation is 1. The Morgan fingerprint density at radius 1 is 1.04 bits per heavy atom. The smallest absolute Gasteiger partial charge is 0.175 e. The largest absolute Gasteiger partial charge is 0.327 e. The number of thiophene rings is 1. The summed E-state index contributed by atoms with van der Waals surface area (Å²) in [7, 11) is -1.31. The zero-order valence-electron chi connectivity index (χ0n) is 14.8. The first-order chi connectivity index (χ1) is 12.9. The number of hydrogen-bond acceptors (Lipinski definition) is 4. The van der Waals surface area contributed by atoms with Crippen molar-refractivity contribution in [3.8, 4) is 22.3 Å². The maximum absolute atomic E-state index is 11.7. The van der Waals surface area contributed by atoms with E-state index in [1.165, 1.54) is 6.26 Å². The first kappa shape index (κ1) is 17.5. The first-order valence-corrected chi connectivity index (χ1v) is 10.9. The Morgan fingerprint density at radius 3 is 2.44 bits per heavy atom. The van der Waals surface area contributed by atoms with E-state index in [9.17, 15) is 8.42 Å². The van der Waals surface area contributed by atoms with Gasteiger partial charge in [0.2, 0.25) is 0 Å². The van der Waals surface area contributed by atoms with E-state index >= 15 is 0 Å². The fourth-order valence-corrected chi connectivity index (χ4v) is 4.62. The summed E-state index contributed by atoms with van der Waals surface area (Å²) in [6, 6.07) is 15.1. The topological polar surface area (TPSA) is 52.0 Å². The Balaban J connectivity index is 1.88. The molecule has 0 N–H and O–H groups in total. The number of fused-ring (bicyclic) bond motifs is 1. The molecule has 4 aromatic rings. The van der Waals surface area contributed by atoms with Crippen molar-refractivity contribution in [2.45, 2.75) is 4.90 Å². The van der Waals surface area contributed by atoms with Gasteiger partial charge in [-0.05, 0) is 29.7 Å². The lowest BCUT2D eigenvalue weighted by atomic mass is 10.1. The molecule has 27 heavy (non-hydrogen) atoms. The van der Waals surface area contributed by atoms with Crippen LogP contribution in [0.3, 0.4) is 0 Å². The summed E-state index contributed by atoms with van der Waals surface area (Å²) in [4.78, 5) is 5.45. The fourth-order valence-electron chi connectivity index (χ4n) is 2.83. The molecule has 4 rings (SSSR count). The van der Waals surface area contributed by atoms with Gasteiger partial charge in [-0.1, -0.05) is 36.3 Å². The predicted molar refractivity (Wildman–Crippen MR) is 110 cm³/mol. The maximum atomic E-state index is 11.7. The van der Waals surface area contributed by atoms with Gasteiger partial charge in [0.05, 0.1) is 27.9 Å². The lowest BCUT2D eigenvalue weighted by Crippen LogP contribution is -1.96. The second-order valence-electron chi connectivity index (χ2n) is 6.24. The van der Waals surface area contributed by atoms with E-state index in [0.717, 1.165) is 31.8 Å². The maximum Gasteiger partial charge on any atom is 0.175 e. The molecule has 2 aromatic heterocycles. The van der Waals surface area contributed by atoms with Gasteiger partial charge in [0.1, 0.15) is 5.69 Å². The van der Waals surface area contributed by atoms with Crippen molar-refractivity contribution in [2.24, 2.45) is 7.05 Å². The van der Waals surface area contributed by atoms with Gasteiger partial charge in [0.25, 0.3) is 0 Å². The van der Waals surface area contributed by atoms with Crippen molar-refractivity contribution in [1.29, 1.82) is 0 Å². The molecule has 6 heteroatoms. The van der Waals surface area contributed by atoms with E-state index in [1.807, 2.05) is 35.9 Å². The zero-order valence-corrected chi connectivity index (χ0v) is 16.4. The minimum Gasteiger partial charge on any atom is -0.327 e. The van der Waals surface area contributed by atoms with Gasteiger partial charge in [-0.2, -0.15) is 0 Å². The number of benzene rings is 2. The van der Waals surface area contributed by atoms with Gasteiger partial charge in [0.15, 0.2) is 9.84 Å². The third kappa shape index (κ3) is 3.39. The molecule has 134 valence electrons. The van der Waals surface area contributed by atoms with Crippen LogP contribution < -0.4 is 0 Å². The van der Waals surface area contributed by atoms with Crippen LogP contribution in [0, 0.1) is 11.8 Å². The number of rotatable bonds is 2. The highest BCUT2D eigenvalue weighted by Crippen LogP contribution is 2.38. The minimum atomic E-state index is -3.22. The Hall–Kier alpha value is -2.88. The zero-order chi connectivity index (χ0) is 19.0. The van der Waals surface area contributed by atoms with Crippen LogP contribution in [0.1, 0.15) is 11.3 Å². The van der Waals surface area contributed by atoms with Crippen molar-refractivity contribution >= 4 is 31.3 Å². The fraction of sp³-hybridized carbons (Fsp3) is 0.0952. The van der Waals surface area contributed by atoms with E-state index in [-0.39, 0.29) is 0 Å². The first-order valence-electron chi connectivity index (χ1n) is 8.24. The SMILES string of the molecule is Cn1cncc1C#Cc1c(-c2ccc(S(C)(=O)=O)cc2)sc2ccccc12. The van der Waals surface area contributed by atoms with Gasteiger partial charge in [-0.25, -0.2) is 13.4 Å². The predicted octanol–water partition coefficient (Wildman–Crippen LogP) is 4.11. The highest BCUT2D eigenvalue weighted by molar-refractivity contribution is 7.90. The van der Waals surface area contributed by atoms with Gasteiger partial charge in [0, 0.05) is 23.4 Å². The lowest BCUT2D eigenvalue weighted by Gasteiger charge is -2.02. The minimum absolute atomic E-state index is 0.315. The van der Waals surface area contributed by atoms with Crippen molar-refractivity contribution in [3.63, 3.8) is 0 Å². The summed E-state index contributed by atoms with van der Waals surface area (Å²) in [5.74, 6) is 6.50. The molecule has 0 aliphatic carbocycles. The van der Waals surface area contributed by atoms with Crippen LogP contribution in [-0.2, 0) is 16.9 Å². The summed E-state index contributed by atoms with van der Waals surface area (Å²) >= 11 is 1.66. The van der Waals surface area contributed by atoms with Crippen LogP contribution in [0.5, 0.6) is 0 Å². The third-order valence-electron chi connectivity index (χ3n) is 4.27. The van der Waals surface area contributed by atoms with Gasteiger partial charge in [-0.15, -0.1) is 11.3 Å². The molecule has 4 nitrogen and oxygen atoms in total. The van der Waals surface area contributed by atoms with E-state index in [0.29, 0.717) is 4.90 Å². The Labute approximate surface area is 162 Å². The van der Waals surface area contributed by atoms with Gasteiger partial charge >= 0.3 is 0 Å². The van der Waals surface area contributed by atoms with Crippen molar-refractivity contribution in [1.82, 2.24) is 9.55 Å². The Bertz CT molecular complexity index is 1300. The number of imidazole rings is 1. The molecule has 0 unspecified atom stereocenters. The molecule has 0 aliphatic heterocycles. The normalized spacial score (nSPS) is 11.3. The Morgan fingerprint density at radius 2 is 1.78 bits per heavy atom. The van der Waals surface area contributed by atoms with Crippen LogP contribution in [-0.4, -0.2) is 24.2 Å². The Kier molecular flexibility index (Phi) is 4.34. The standard InChI is InChI=1S/C21H16N2O2S2/c1-23-14-22-13-16(23)9-12-19-18-5-3-4-6-20(18)26-21(19)15-7-10-17(11-8-15)27(2,24)25/h3-8,10-11,13-14H,1-2H3. The van der Waals surface area contributed by atoms with Gasteiger partial charge in [-0.3, -0.25) is 0 Å². The second kappa shape index (κ2) is 6.69. The lowest BCUT2D eigenvalue weighted by molar-refractivity contribution is 0.602. The van der Waals surface area contributed by atoms with Crippen LogP contribution >= 0.6 is 11.3 Å². The number of hydrogen-bond donors (Lipinski definition) is 0. The molecule has 0 bridgehead atoms. The number of nitrogens with zero attached hydrogens (tertiary/aromatic N) is 2. The molecular formula is C21H16N2O2S2. The quantitative estimate of drug-likeness (QED) is 0.483. The molecule has 0 radical (unpaired) electrons. The molecule has 0 saturated heterocycles. The summed E-state index contributed by atoms with van der Waals surface area (Å²) in [6.07, 6.45) is 4.68. The summed E-state index contributed by atoms with van der Waals surface area (Å²) in [5, 5.41) is 1.10. The van der Waals surface area contributed by atoms with Crippen LogP contribution in [0.2, 0.25) is 0 Å². The highest BCUT2D eigenvalue weighted by Gasteiger charge is 2.14. The molecule has 0 aliphatic rings.